The Morgan fingerprint density at radius 1 is 1.15 bits per heavy atom. The lowest BCUT2D eigenvalue weighted by Gasteiger charge is -2.08. The minimum atomic E-state index is 0.541. The van der Waals surface area contributed by atoms with Gasteiger partial charge in [0.05, 0.1) is 5.71 Å². The van der Waals surface area contributed by atoms with E-state index in [1.165, 1.54) is 11.8 Å². The lowest BCUT2D eigenvalue weighted by atomic mass is 10.1. The van der Waals surface area contributed by atoms with Crippen LogP contribution in [0.1, 0.15) is 5.56 Å². The van der Waals surface area contributed by atoms with Crippen LogP contribution in [0.15, 0.2) is 40.5 Å². The molecule has 0 saturated heterocycles. The second kappa shape index (κ2) is 3.62. The molecule has 3 nitrogen and oxygen atoms in total. The fourth-order valence-corrected chi connectivity index (χ4v) is 1.69. The van der Waals surface area contributed by atoms with Gasteiger partial charge in [0.1, 0.15) is 0 Å². The fourth-order valence-electron chi connectivity index (χ4n) is 1.08. The number of hydrogen-bond donors (Lipinski definition) is 1. The van der Waals surface area contributed by atoms with Crippen molar-refractivity contribution in [2.24, 2.45) is 15.9 Å². The molecule has 13 heavy (non-hydrogen) atoms. The molecule has 0 aromatic heterocycles. The van der Waals surface area contributed by atoms with E-state index in [1.54, 1.807) is 0 Å². The van der Waals surface area contributed by atoms with Gasteiger partial charge in [-0.3, -0.25) is 0 Å². The number of benzene rings is 1. The second-order valence-electron chi connectivity index (χ2n) is 2.64. The van der Waals surface area contributed by atoms with Crippen molar-refractivity contribution in [3.05, 3.63) is 35.9 Å². The third-order valence-electron chi connectivity index (χ3n) is 1.73. The van der Waals surface area contributed by atoms with Crippen LogP contribution in [0.4, 0.5) is 0 Å². The van der Waals surface area contributed by atoms with Gasteiger partial charge in [-0.1, -0.05) is 42.1 Å². The third-order valence-corrected chi connectivity index (χ3v) is 2.53. The Morgan fingerprint density at radius 3 is 2.54 bits per heavy atom. The van der Waals surface area contributed by atoms with E-state index in [0.29, 0.717) is 5.17 Å². The molecule has 66 valence electrons. The van der Waals surface area contributed by atoms with Crippen LogP contribution >= 0.6 is 11.8 Å². The van der Waals surface area contributed by atoms with E-state index in [1.807, 2.05) is 30.3 Å². The maximum Gasteiger partial charge on any atom is 0.180 e. The molecule has 0 radical (unpaired) electrons. The lowest BCUT2D eigenvalue weighted by molar-refractivity contribution is 1.22. The molecule has 2 N–H and O–H groups in total. The van der Waals surface area contributed by atoms with Gasteiger partial charge in [0.25, 0.3) is 0 Å². The van der Waals surface area contributed by atoms with Gasteiger partial charge >= 0.3 is 0 Å². The van der Waals surface area contributed by atoms with Gasteiger partial charge in [0.15, 0.2) is 5.17 Å². The van der Waals surface area contributed by atoms with Gasteiger partial charge in [-0.2, -0.15) is 5.10 Å². The smallest absolute Gasteiger partial charge is 0.180 e. The average molecular weight is 191 g/mol. The maximum atomic E-state index is 5.48. The van der Waals surface area contributed by atoms with Crippen molar-refractivity contribution < 1.29 is 0 Å². The molecule has 4 heteroatoms. The summed E-state index contributed by atoms with van der Waals surface area (Å²) in [7, 11) is 0. The number of amidine groups is 1. The SMILES string of the molecule is NC1=NN=C(c2ccccc2)CS1. The summed E-state index contributed by atoms with van der Waals surface area (Å²) in [6.07, 6.45) is 0. The van der Waals surface area contributed by atoms with Crippen LogP contribution in [-0.2, 0) is 0 Å². The van der Waals surface area contributed by atoms with Gasteiger partial charge in [-0.05, 0) is 5.56 Å². The van der Waals surface area contributed by atoms with Crippen LogP contribution in [0.5, 0.6) is 0 Å². The highest BCUT2D eigenvalue weighted by molar-refractivity contribution is 8.14. The van der Waals surface area contributed by atoms with E-state index in [4.69, 9.17) is 5.73 Å². The summed E-state index contributed by atoms with van der Waals surface area (Å²) in [5, 5.41) is 8.41. The maximum absolute atomic E-state index is 5.48. The van der Waals surface area contributed by atoms with Crippen LogP contribution in [0.2, 0.25) is 0 Å². The molecule has 0 fully saturated rings. The molecule has 0 unspecified atom stereocenters. The Balaban J connectivity index is 2.29. The quantitative estimate of drug-likeness (QED) is 0.730. The molecule has 2 rings (SSSR count). The highest BCUT2D eigenvalue weighted by atomic mass is 32.2. The summed E-state index contributed by atoms with van der Waals surface area (Å²) in [5.41, 5.74) is 7.58. The van der Waals surface area contributed by atoms with Crippen LogP contribution in [-0.4, -0.2) is 16.6 Å². The van der Waals surface area contributed by atoms with Crippen molar-refractivity contribution in [1.82, 2.24) is 0 Å². The van der Waals surface area contributed by atoms with Crippen LogP contribution in [0.25, 0.3) is 0 Å². The molecule has 0 aliphatic carbocycles. The number of nitrogens with zero attached hydrogens (tertiary/aromatic N) is 2. The monoisotopic (exact) mass is 191 g/mol. The summed E-state index contributed by atoms with van der Waals surface area (Å²) < 4.78 is 0. The van der Waals surface area contributed by atoms with E-state index in [0.717, 1.165) is 17.0 Å². The highest BCUT2D eigenvalue weighted by Crippen LogP contribution is 2.12. The average Bonchev–Trinajstić information content (AvgIpc) is 2.20. The van der Waals surface area contributed by atoms with Crippen molar-refractivity contribution >= 4 is 22.6 Å². The first-order valence-corrected chi connectivity index (χ1v) is 4.93. The van der Waals surface area contributed by atoms with Gasteiger partial charge in [0.2, 0.25) is 0 Å². The van der Waals surface area contributed by atoms with Gasteiger partial charge in [-0.25, -0.2) is 0 Å². The van der Waals surface area contributed by atoms with E-state index in [9.17, 15) is 0 Å². The Labute approximate surface area is 80.7 Å². The van der Waals surface area contributed by atoms with Gasteiger partial charge in [-0.15, -0.1) is 5.10 Å². The number of thioether (sulfide) groups is 1. The topological polar surface area (TPSA) is 50.7 Å². The zero-order valence-electron chi connectivity index (χ0n) is 6.97. The molecule has 1 aliphatic rings. The van der Waals surface area contributed by atoms with Crippen LogP contribution in [0, 0.1) is 0 Å². The van der Waals surface area contributed by atoms with Crippen LogP contribution < -0.4 is 5.73 Å². The van der Waals surface area contributed by atoms with E-state index in [2.05, 4.69) is 10.2 Å². The van der Waals surface area contributed by atoms with E-state index in [-0.39, 0.29) is 0 Å². The van der Waals surface area contributed by atoms with E-state index < -0.39 is 0 Å². The largest absolute Gasteiger partial charge is 0.377 e. The lowest BCUT2D eigenvalue weighted by Crippen LogP contribution is -2.16. The minimum Gasteiger partial charge on any atom is -0.377 e. The van der Waals surface area contributed by atoms with Crippen molar-refractivity contribution in [3.63, 3.8) is 0 Å². The summed E-state index contributed by atoms with van der Waals surface area (Å²) in [6.45, 7) is 0. The summed E-state index contributed by atoms with van der Waals surface area (Å²) in [4.78, 5) is 0. The molecule has 1 heterocycles. The van der Waals surface area contributed by atoms with Crippen LogP contribution in [0.3, 0.4) is 0 Å². The number of hydrogen-bond acceptors (Lipinski definition) is 4. The first-order chi connectivity index (χ1) is 6.36. The van der Waals surface area contributed by atoms with Crippen molar-refractivity contribution in [2.75, 3.05) is 5.75 Å². The predicted molar refractivity (Wildman–Crippen MR) is 57.1 cm³/mol. The molecular formula is C9H9N3S. The Hall–Kier alpha value is -1.29. The number of rotatable bonds is 1. The van der Waals surface area contributed by atoms with Crippen molar-refractivity contribution in [3.8, 4) is 0 Å². The first kappa shape index (κ1) is 8.31. The third kappa shape index (κ3) is 1.89. The summed E-state index contributed by atoms with van der Waals surface area (Å²) in [5.74, 6) is 0.805. The molecule has 0 saturated carbocycles. The fraction of sp³-hybridized carbons (Fsp3) is 0.111. The Bertz CT molecular complexity index is 356. The normalized spacial score (nSPS) is 16.3. The molecule has 1 aliphatic heterocycles. The molecule has 0 spiro atoms. The summed E-state index contributed by atoms with van der Waals surface area (Å²) >= 11 is 1.52. The van der Waals surface area contributed by atoms with Crippen molar-refractivity contribution in [2.45, 2.75) is 0 Å². The molecule has 0 atom stereocenters. The predicted octanol–water partition coefficient (Wildman–Crippen LogP) is 1.45. The molecule has 0 bridgehead atoms. The van der Waals surface area contributed by atoms with Gasteiger partial charge < -0.3 is 5.73 Å². The molecule has 1 aromatic carbocycles. The first-order valence-electron chi connectivity index (χ1n) is 3.94. The minimum absolute atomic E-state index is 0.541. The molecular weight excluding hydrogens is 182 g/mol. The van der Waals surface area contributed by atoms with E-state index >= 15 is 0 Å². The Kier molecular flexibility index (Phi) is 2.31. The highest BCUT2D eigenvalue weighted by Gasteiger charge is 2.08. The molecule has 0 amide bonds. The van der Waals surface area contributed by atoms with Crippen molar-refractivity contribution in [1.29, 1.82) is 0 Å². The van der Waals surface area contributed by atoms with Gasteiger partial charge in [0, 0.05) is 5.75 Å². The summed E-state index contributed by atoms with van der Waals surface area (Å²) in [6, 6.07) is 10.0. The number of nitrogens with two attached hydrogens (primary N) is 1. The molecule has 1 aromatic rings. The zero-order valence-corrected chi connectivity index (χ0v) is 7.79. The Morgan fingerprint density at radius 2 is 1.92 bits per heavy atom. The zero-order chi connectivity index (χ0) is 9.10. The standard InChI is InChI=1S/C9H9N3S/c10-9-12-11-8(6-13-9)7-4-2-1-3-5-7/h1-5H,6H2,(H2,10,12). The second-order valence-corrected chi connectivity index (χ2v) is 3.64.